The zero-order chi connectivity index (χ0) is 20.6. The van der Waals surface area contributed by atoms with Crippen molar-refractivity contribution in [2.75, 3.05) is 0 Å². The lowest BCUT2D eigenvalue weighted by molar-refractivity contribution is -0.384. The quantitative estimate of drug-likeness (QED) is 0.610. The first kappa shape index (κ1) is 19.1. The highest BCUT2D eigenvalue weighted by molar-refractivity contribution is 5.88. The van der Waals surface area contributed by atoms with Crippen molar-refractivity contribution in [3.63, 3.8) is 0 Å². The number of nitro benzene ring substituents is 1. The maximum atomic E-state index is 13.0. The van der Waals surface area contributed by atoms with Crippen LogP contribution in [0.2, 0.25) is 0 Å². The molecule has 1 heterocycles. The van der Waals surface area contributed by atoms with Crippen molar-refractivity contribution in [2.24, 2.45) is 5.92 Å². The molecule has 2 fully saturated rings. The minimum Gasteiger partial charge on any atom is -0.370 e. The highest BCUT2D eigenvalue weighted by Gasteiger charge is 2.57. The molecule has 3 atom stereocenters. The van der Waals surface area contributed by atoms with Crippen molar-refractivity contribution in [1.82, 2.24) is 10.2 Å². The Morgan fingerprint density at radius 2 is 1.83 bits per heavy atom. The molecule has 29 heavy (non-hydrogen) atoms. The van der Waals surface area contributed by atoms with Crippen LogP contribution in [0.1, 0.15) is 36.4 Å². The van der Waals surface area contributed by atoms with E-state index in [1.54, 1.807) is 0 Å². The lowest BCUT2D eigenvalue weighted by Crippen LogP contribution is -2.69. The first-order chi connectivity index (χ1) is 13.9. The number of benzene rings is 2. The smallest absolute Gasteiger partial charge is 0.320 e. The van der Waals surface area contributed by atoms with Gasteiger partial charge in [-0.2, -0.15) is 0 Å². The highest BCUT2D eigenvalue weighted by atomic mass is 16.6. The van der Waals surface area contributed by atoms with Gasteiger partial charge in [-0.1, -0.05) is 42.5 Å². The van der Waals surface area contributed by atoms with E-state index in [0.29, 0.717) is 24.8 Å². The van der Waals surface area contributed by atoms with Gasteiger partial charge in [-0.05, 0) is 24.0 Å². The van der Waals surface area contributed by atoms with Crippen LogP contribution in [0.15, 0.2) is 54.6 Å². The molecule has 150 valence electrons. The minimum absolute atomic E-state index is 0.0770. The van der Waals surface area contributed by atoms with Crippen molar-refractivity contribution in [2.45, 2.75) is 37.6 Å². The molecule has 2 aromatic carbocycles. The summed E-state index contributed by atoms with van der Waals surface area (Å²) in [5, 5.41) is 25.3. The predicted molar refractivity (Wildman–Crippen MR) is 104 cm³/mol. The number of nitrogens with one attached hydrogen (secondary N) is 1. The lowest BCUT2D eigenvalue weighted by atomic mass is 9.71. The van der Waals surface area contributed by atoms with Gasteiger partial charge in [0.2, 0.25) is 0 Å². The number of Topliss-reactive ketones (excluding diaryl/α,β-unsaturated/α-hetero) is 1. The number of hydrogen-bond acceptors (Lipinski definition) is 5. The van der Waals surface area contributed by atoms with Gasteiger partial charge in [-0.15, -0.1) is 0 Å². The Morgan fingerprint density at radius 1 is 1.14 bits per heavy atom. The Bertz CT molecular complexity index is 947. The van der Waals surface area contributed by atoms with Crippen LogP contribution < -0.4 is 5.32 Å². The fraction of sp³-hybridized carbons (Fsp3) is 0.333. The largest absolute Gasteiger partial charge is 0.370 e. The van der Waals surface area contributed by atoms with E-state index in [-0.39, 0.29) is 18.0 Å². The first-order valence-corrected chi connectivity index (χ1v) is 9.51. The summed E-state index contributed by atoms with van der Waals surface area (Å²) in [5.74, 6) is -0.973. The summed E-state index contributed by atoms with van der Waals surface area (Å²) in [7, 11) is 0. The van der Waals surface area contributed by atoms with Gasteiger partial charge in [0, 0.05) is 18.6 Å². The number of ketones is 1. The molecule has 8 nitrogen and oxygen atoms in total. The summed E-state index contributed by atoms with van der Waals surface area (Å²) in [6.45, 7) is 0.180. The van der Waals surface area contributed by atoms with Crippen LogP contribution in [0.5, 0.6) is 0 Å². The second kappa shape index (κ2) is 7.29. The molecule has 0 aromatic heterocycles. The minimum atomic E-state index is -1.61. The summed E-state index contributed by atoms with van der Waals surface area (Å²) in [6.07, 6.45) is 1.12. The van der Waals surface area contributed by atoms with Crippen molar-refractivity contribution >= 4 is 17.5 Å². The van der Waals surface area contributed by atoms with E-state index in [1.165, 1.54) is 29.2 Å². The van der Waals surface area contributed by atoms with E-state index in [2.05, 4.69) is 5.32 Å². The van der Waals surface area contributed by atoms with Crippen LogP contribution >= 0.6 is 0 Å². The average molecular weight is 395 g/mol. The van der Waals surface area contributed by atoms with E-state index in [0.717, 1.165) is 5.56 Å². The fourth-order valence-electron chi connectivity index (χ4n) is 4.37. The Labute approximate surface area is 167 Å². The molecule has 2 aliphatic rings. The summed E-state index contributed by atoms with van der Waals surface area (Å²) in [4.78, 5) is 37.6. The molecule has 8 heteroatoms. The van der Waals surface area contributed by atoms with Gasteiger partial charge in [0.15, 0.2) is 5.72 Å². The Morgan fingerprint density at radius 3 is 2.48 bits per heavy atom. The van der Waals surface area contributed by atoms with Gasteiger partial charge in [-0.25, -0.2) is 4.79 Å². The Hall–Kier alpha value is -3.26. The van der Waals surface area contributed by atoms with E-state index in [1.807, 2.05) is 30.3 Å². The molecule has 1 saturated carbocycles. The Balaban J connectivity index is 1.70. The number of urea groups is 1. The van der Waals surface area contributed by atoms with Gasteiger partial charge in [-0.3, -0.25) is 19.8 Å². The molecule has 1 saturated heterocycles. The van der Waals surface area contributed by atoms with E-state index >= 15 is 0 Å². The van der Waals surface area contributed by atoms with Gasteiger partial charge >= 0.3 is 6.03 Å². The monoisotopic (exact) mass is 395 g/mol. The highest BCUT2D eigenvalue weighted by Crippen LogP contribution is 2.45. The fourth-order valence-corrected chi connectivity index (χ4v) is 4.37. The molecule has 0 spiro atoms. The molecule has 4 rings (SSSR count). The van der Waals surface area contributed by atoms with Crippen molar-refractivity contribution in [1.29, 1.82) is 0 Å². The third kappa shape index (κ3) is 3.36. The van der Waals surface area contributed by atoms with Crippen LogP contribution in [-0.4, -0.2) is 32.5 Å². The maximum absolute atomic E-state index is 13.0. The SMILES string of the molecule is O=C1CCC[C@]2(O)[C@@H]1[C@@H](c1ccc([N+](=O)[O-])cc1)NC(=O)N2Cc1ccccc1. The number of non-ortho nitro benzene ring substituents is 1. The molecule has 1 aliphatic heterocycles. The van der Waals surface area contributed by atoms with Gasteiger partial charge < -0.3 is 10.4 Å². The van der Waals surface area contributed by atoms with Crippen molar-refractivity contribution in [3.8, 4) is 0 Å². The van der Waals surface area contributed by atoms with Crippen LogP contribution in [-0.2, 0) is 11.3 Å². The predicted octanol–water partition coefficient (Wildman–Crippen LogP) is 2.92. The van der Waals surface area contributed by atoms with Crippen molar-refractivity contribution in [3.05, 3.63) is 75.8 Å². The second-order valence-corrected chi connectivity index (χ2v) is 7.52. The molecule has 2 amide bonds. The van der Waals surface area contributed by atoms with Gasteiger partial charge in [0.1, 0.15) is 5.78 Å². The zero-order valence-corrected chi connectivity index (χ0v) is 15.7. The number of hydrogen-bond donors (Lipinski definition) is 2. The zero-order valence-electron chi connectivity index (χ0n) is 15.7. The summed E-state index contributed by atoms with van der Waals surface area (Å²) < 4.78 is 0. The van der Waals surface area contributed by atoms with Gasteiger partial charge in [0.25, 0.3) is 5.69 Å². The maximum Gasteiger partial charge on any atom is 0.320 e. The number of amides is 2. The lowest BCUT2D eigenvalue weighted by Gasteiger charge is -2.53. The summed E-state index contributed by atoms with van der Waals surface area (Å²) in [5.41, 5.74) is -0.282. The summed E-state index contributed by atoms with van der Waals surface area (Å²) in [6, 6.07) is 13.8. The second-order valence-electron chi connectivity index (χ2n) is 7.52. The molecule has 2 aromatic rings. The van der Waals surface area contributed by atoms with Crippen LogP contribution in [0.25, 0.3) is 0 Å². The number of aliphatic hydroxyl groups is 1. The number of carbonyl (C=O) groups excluding carboxylic acids is 2. The molecule has 0 unspecified atom stereocenters. The van der Waals surface area contributed by atoms with E-state index in [4.69, 9.17) is 0 Å². The molecular weight excluding hydrogens is 374 g/mol. The number of nitro groups is 1. The molecule has 0 radical (unpaired) electrons. The topological polar surface area (TPSA) is 113 Å². The third-order valence-electron chi connectivity index (χ3n) is 5.78. The average Bonchev–Trinajstić information content (AvgIpc) is 2.71. The first-order valence-electron chi connectivity index (χ1n) is 9.51. The van der Waals surface area contributed by atoms with Crippen LogP contribution in [0.3, 0.4) is 0 Å². The van der Waals surface area contributed by atoms with E-state index in [9.17, 15) is 24.8 Å². The number of fused-ring (bicyclic) bond motifs is 1. The third-order valence-corrected chi connectivity index (χ3v) is 5.78. The Kier molecular flexibility index (Phi) is 4.79. The number of carbonyl (C=O) groups is 2. The standard InChI is InChI=1S/C21H21N3O5/c25-17-7-4-12-21(27)18(17)19(15-8-10-16(11-9-15)24(28)29)22-20(26)23(21)13-14-5-2-1-3-6-14/h1-3,5-6,8-11,18-19,27H,4,7,12-13H2,(H,22,26)/t18-,19+,21-/m0/s1. The van der Waals surface area contributed by atoms with E-state index < -0.39 is 28.6 Å². The number of nitrogens with zero attached hydrogens (tertiary/aromatic N) is 2. The molecule has 0 bridgehead atoms. The van der Waals surface area contributed by atoms with Gasteiger partial charge in [0.05, 0.1) is 23.4 Å². The van der Waals surface area contributed by atoms with Crippen molar-refractivity contribution < 1.29 is 19.6 Å². The molecular formula is C21H21N3O5. The number of rotatable bonds is 4. The van der Waals surface area contributed by atoms with Crippen LogP contribution in [0, 0.1) is 16.0 Å². The molecule has 2 N–H and O–H groups in total. The normalized spacial score (nSPS) is 26.6. The summed E-state index contributed by atoms with van der Waals surface area (Å²) >= 11 is 0. The molecule has 1 aliphatic carbocycles. The van der Waals surface area contributed by atoms with Crippen LogP contribution in [0.4, 0.5) is 10.5 Å².